The zero-order valence-electron chi connectivity index (χ0n) is 11.5. The Balaban J connectivity index is 2.16. The van der Waals surface area contributed by atoms with Crippen LogP contribution >= 0.6 is 21.6 Å². The Hall–Kier alpha value is -1.00. The summed E-state index contributed by atoms with van der Waals surface area (Å²) in [6.07, 6.45) is 1.59. The van der Waals surface area contributed by atoms with E-state index in [2.05, 4.69) is 0 Å². The summed E-state index contributed by atoms with van der Waals surface area (Å²) < 4.78 is 26.4. The monoisotopic (exact) mass is 310 g/mol. The predicted molar refractivity (Wildman–Crippen MR) is 83.3 cm³/mol. The fourth-order valence-corrected chi connectivity index (χ4v) is 4.46. The second-order valence-corrected chi connectivity index (χ2v) is 6.59. The van der Waals surface area contributed by atoms with Gasteiger partial charge in [-0.25, -0.2) is 8.78 Å². The number of hydrogen-bond donors (Lipinski definition) is 0. The van der Waals surface area contributed by atoms with Crippen LogP contribution in [0.5, 0.6) is 0 Å². The summed E-state index contributed by atoms with van der Waals surface area (Å²) in [6.45, 7) is 4.03. The molecule has 0 aliphatic heterocycles. The molecular weight excluding hydrogens is 294 g/mol. The van der Waals surface area contributed by atoms with Crippen LogP contribution in [-0.4, -0.2) is 0 Å². The van der Waals surface area contributed by atoms with Crippen LogP contribution in [0.2, 0.25) is 0 Å². The molecule has 0 saturated carbocycles. The highest BCUT2D eigenvalue weighted by Gasteiger charge is 2.08. The van der Waals surface area contributed by atoms with Gasteiger partial charge in [-0.15, -0.1) is 0 Å². The minimum absolute atomic E-state index is 0.202. The number of hydrogen-bond acceptors (Lipinski definition) is 2. The van der Waals surface area contributed by atoms with Gasteiger partial charge in [0.05, 0.1) is 0 Å². The SMILES string of the molecule is CCc1cc(F)ccc1SSc1ccc(F)cc1CC. The molecule has 0 bridgehead atoms. The summed E-state index contributed by atoms with van der Waals surface area (Å²) in [6, 6.07) is 9.73. The minimum Gasteiger partial charge on any atom is -0.207 e. The first-order chi connectivity index (χ1) is 9.63. The highest BCUT2D eigenvalue weighted by atomic mass is 33.1. The van der Waals surface area contributed by atoms with Crippen molar-refractivity contribution in [3.63, 3.8) is 0 Å². The third-order valence-electron chi connectivity index (χ3n) is 3.03. The van der Waals surface area contributed by atoms with E-state index in [0.717, 1.165) is 33.8 Å². The Kier molecular flexibility index (Phi) is 5.49. The molecular formula is C16H16F2S2. The highest BCUT2D eigenvalue weighted by molar-refractivity contribution is 8.76. The maximum Gasteiger partial charge on any atom is 0.123 e. The van der Waals surface area contributed by atoms with Gasteiger partial charge in [0.1, 0.15) is 11.6 Å². The van der Waals surface area contributed by atoms with Crippen molar-refractivity contribution in [2.24, 2.45) is 0 Å². The Labute approximate surface area is 126 Å². The van der Waals surface area contributed by atoms with Crippen LogP contribution in [0, 0.1) is 11.6 Å². The summed E-state index contributed by atoms with van der Waals surface area (Å²) in [5.41, 5.74) is 2.00. The summed E-state index contributed by atoms with van der Waals surface area (Å²) in [5.74, 6) is -0.403. The van der Waals surface area contributed by atoms with Crippen molar-refractivity contribution in [1.82, 2.24) is 0 Å². The number of benzene rings is 2. The van der Waals surface area contributed by atoms with Gasteiger partial charge in [-0.05, 0) is 60.4 Å². The van der Waals surface area contributed by atoms with Crippen molar-refractivity contribution in [3.05, 3.63) is 59.2 Å². The molecule has 0 atom stereocenters. The van der Waals surface area contributed by atoms with Crippen molar-refractivity contribution in [1.29, 1.82) is 0 Å². The van der Waals surface area contributed by atoms with Gasteiger partial charge in [-0.3, -0.25) is 0 Å². The Morgan fingerprint density at radius 1 is 0.750 bits per heavy atom. The second-order valence-electron chi connectivity index (χ2n) is 4.38. The first kappa shape index (κ1) is 15.4. The average Bonchev–Trinajstić information content (AvgIpc) is 2.46. The molecule has 4 heteroatoms. The molecule has 0 aromatic heterocycles. The quantitative estimate of drug-likeness (QED) is 0.632. The number of aryl methyl sites for hydroxylation is 2. The Bertz CT molecular complexity index is 544. The summed E-state index contributed by atoms with van der Waals surface area (Å²) in [5, 5.41) is 0. The molecule has 0 aliphatic rings. The third kappa shape index (κ3) is 3.76. The van der Waals surface area contributed by atoms with E-state index in [1.807, 2.05) is 13.8 Å². The van der Waals surface area contributed by atoms with Gasteiger partial charge in [0, 0.05) is 9.79 Å². The van der Waals surface area contributed by atoms with E-state index in [9.17, 15) is 8.78 Å². The molecule has 0 nitrogen and oxygen atoms in total. The number of halogens is 2. The van der Waals surface area contributed by atoms with Gasteiger partial charge in [0.25, 0.3) is 0 Å². The molecule has 20 heavy (non-hydrogen) atoms. The topological polar surface area (TPSA) is 0 Å². The summed E-state index contributed by atoms with van der Waals surface area (Å²) >= 11 is 0. The van der Waals surface area contributed by atoms with Crippen molar-refractivity contribution in [2.75, 3.05) is 0 Å². The van der Waals surface area contributed by atoms with E-state index in [4.69, 9.17) is 0 Å². The lowest BCUT2D eigenvalue weighted by Crippen LogP contribution is -1.88. The molecule has 0 N–H and O–H groups in total. The van der Waals surface area contributed by atoms with Crippen LogP contribution in [0.25, 0.3) is 0 Å². The van der Waals surface area contributed by atoms with Crippen LogP contribution in [-0.2, 0) is 12.8 Å². The van der Waals surface area contributed by atoms with Gasteiger partial charge >= 0.3 is 0 Å². The molecule has 2 aromatic rings. The van der Waals surface area contributed by atoms with E-state index in [-0.39, 0.29) is 11.6 Å². The van der Waals surface area contributed by atoms with E-state index in [0.29, 0.717) is 0 Å². The smallest absolute Gasteiger partial charge is 0.123 e. The average molecular weight is 310 g/mol. The van der Waals surface area contributed by atoms with Gasteiger partial charge < -0.3 is 0 Å². The maximum absolute atomic E-state index is 13.2. The lowest BCUT2D eigenvalue weighted by atomic mass is 10.2. The van der Waals surface area contributed by atoms with Crippen LogP contribution in [0.3, 0.4) is 0 Å². The second kappa shape index (κ2) is 7.14. The zero-order chi connectivity index (χ0) is 14.5. The lowest BCUT2D eigenvalue weighted by molar-refractivity contribution is 0.623. The van der Waals surface area contributed by atoms with Gasteiger partial charge in [0.15, 0.2) is 0 Å². The Morgan fingerprint density at radius 3 is 1.50 bits per heavy atom. The maximum atomic E-state index is 13.2. The standard InChI is InChI=1S/C16H16F2S2/c1-3-11-9-13(17)5-7-15(11)19-20-16-8-6-14(18)10-12(16)4-2/h5-10H,3-4H2,1-2H3. The van der Waals surface area contributed by atoms with E-state index in [1.165, 1.54) is 12.1 Å². The fraction of sp³-hybridized carbons (Fsp3) is 0.250. The molecule has 0 spiro atoms. The van der Waals surface area contributed by atoms with Crippen LogP contribution in [0.15, 0.2) is 46.2 Å². The molecule has 2 rings (SSSR count). The van der Waals surface area contributed by atoms with Crippen molar-refractivity contribution in [2.45, 2.75) is 36.5 Å². The fourth-order valence-electron chi connectivity index (χ4n) is 1.90. The van der Waals surface area contributed by atoms with E-state index < -0.39 is 0 Å². The lowest BCUT2D eigenvalue weighted by Gasteiger charge is -2.09. The predicted octanol–water partition coefficient (Wildman–Crippen LogP) is 5.89. The molecule has 0 aliphatic carbocycles. The van der Waals surface area contributed by atoms with Crippen LogP contribution in [0.1, 0.15) is 25.0 Å². The zero-order valence-corrected chi connectivity index (χ0v) is 13.1. The molecule has 0 saturated heterocycles. The van der Waals surface area contributed by atoms with Crippen molar-refractivity contribution in [3.8, 4) is 0 Å². The van der Waals surface area contributed by atoms with E-state index in [1.54, 1.807) is 45.9 Å². The third-order valence-corrected chi connectivity index (χ3v) is 5.59. The van der Waals surface area contributed by atoms with Gasteiger partial charge in [-0.2, -0.15) is 0 Å². The first-order valence-corrected chi connectivity index (χ1v) is 8.70. The molecule has 2 aromatic carbocycles. The van der Waals surface area contributed by atoms with Crippen LogP contribution in [0.4, 0.5) is 8.78 Å². The Morgan fingerprint density at radius 2 is 1.15 bits per heavy atom. The molecule has 0 fully saturated rings. The summed E-state index contributed by atoms with van der Waals surface area (Å²) in [7, 11) is 3.19. The largest absolute Gasteiger partial charge is 0.207 e. The van der Waals surface area contributed by atoms with Crippen LogP contribution < -0.4 is 0 Å². The normalized spacial score (nSPS) is 10.8. The number of rotatable bonds is 5. The molecule has 0 heterocycles. The molecule has 0 radical (unpaired) electrons. The summed E-state index contributed by atoms with van der Waals surface area (Å²) in [4.78, 5) is 2.12. The van der Waals surface area contributed by atoms with E-state index >= 15 is 0 Å². The minimum atomic E-state index is -0.202. The van der Waals surface area contributed by atoms with Crippen molar-refractivity contribution >= 4 is 21.6 Å². The molecule has 106 valence electrons. The molecule has 0 unspecified atom stereocenters. The molecule has 0 amide bonds. The van der Waals surface area contributed by atoms with Gasteiger partial charge in [0.2, 0.25) is 0 Å². The van der Waals surface area contributed by atoms with Crippen molar-refractivity contribution < 1.29 is 8.78 Å². The van der Waals surface area contributed by atoms with Gasteiger partial charge in [-0.1, -0.05) is 35.4 Å². The highest BCUT2D eigenvalue weighted by Crippen LogP contribution is 2.41. The first-order valence-electron chi connectivity index (χ1n) is 6.55.